The Labute approximate surface area is 132 Å². The Morgan fingerprint density at radius 1 is 0.818 bits per heavy atom. The van der Waals surface area contributed by atoms with Crippen LogP contribution in [0.25, 0.3) is 0 Å². The normalized spacial score (nSPS) is 11.1. The Bertz CT molecular complexity index is 591. The van der Waals surface area contributed by atoms with Crippen LogP contribution in [-0.4, -0.2) is 11.7 Å². The second-order valence-corrected chi connectivity index (χ2v) is 6.49. The van der Waals surface area contributed by atoms with Gasteiger partial charge < -0.3 is 4.74 Å². The molecule has 0 N–H and O–H groups in total. The highest BCUT2D eigenvalue weighted by atomic mass is 16.6. The first kappa shape index (κ1) is 16.1. The largest absolute Gasteiger partial charge is 0.443 e. The lowest BCUT2D eigenvalue weighted by Crippen LogP contribution is -2.33. The van der Waals surface area contributed by atoms with Gasteiger partial charge in [-0.05, 0) is 58.9 Å². The summed E-state index contributed by atoms with van der Waals surface area (Å²) in [7, 11) is 0. The number of aryl methyl sites for hydroxylation is 2. The molecule has 0 heterocycles. The van der Waals surface area contributed by atoms with E-state index in [4.69, 9.17) is 4.74 Å². The van der Waals surface area contributed by atoms with Gasteiger partial charge in [-0.3, -0.25) is 0 Å². The Morgan fingerprint density at radius 3 is 1.50 bits per heavy atom. The lowest BCUT2D eigenvalue weighted by atomic mass is 10.1. The van der Waals surface area contributed by atoms with Crippen molar-refractivity contribution in [1.29, 1.82) is 0 Å². The zero-order valence-electron chi connectivity index (χ0n) is 13.9. The summed E-state index contributed by atoms with van der Waals surface area (Å²) < 4.78 is 5.56. The summed E-state index contributed by atoms with van der Waals surface area (Å²) in [4.78, 5) is 14.2. The van der Waals surface area contributed by atoms with E-state index in [2.05, 4.69) is 0 Å². The number of anilines is 2. The number of rotatable bonds is 2. The van der Waals surface area contributed by atoms with E-state index in [9.17, 15) is 4.79 Å². The SMILES string of the molecule is Cc1ccc(N(C(=O)OC(C)(C)C)c2ccc(C)cc2)cc1. The maximum Gasteiger partial charge on any atom is 0.419 e. The summed E-state index contributed by atoms with van der Waals surface area (Å²) in [6.07, 6.45) is -0.375. The number of carbonyl (C=O) groups excluding carboxylic acids is 1. The maximum atomic E-state index is 12.6. The quantitative estimate of drug-likeness (QED) is 0.745. The van der Waals surface area contributed by atoms with Crippen LogP contribution in [0.3, 0.4) is 0 Å². The molecule has 2 aromatic carbocycles. The van der Waals surface area contributed by atoms with Crippen LogP contribution in [0.15, 0.2) is 48.5 Å². The molecule has 0 unspecified atom stereocenters. The summed E-state index contributed by atoms with van der Waals surface area (Å²) in [5.41, 5.74) is 3.35. The van der Waals surface area contributed by atoms with Gasteiger partial charge in [0, 0.05) is 0 Å². The van der Waals surface area contributed by atoms with Gasteiger partial charge in [0.05, 0.1) is 11.4 Å². The van der Waals surface area contributed by atoms with Crippen molar-refractivity contribution in [2.45, 2.75) is 40.2 Å². The first-order chi connectivity index (χ1) is 10.3. The number of hydrogen-bond acceptors (Lipinski definition) is 2. The average Bonchev–Trinajstić information content (AvgIpc) is 2.41. The van der Waals surface area contributed by atoms with Gasteiger partial charge >= 0.3 is 6.09 Å². The molecule has 0 aliphatic rings. The van der Waals surface area contributed by atoms with Crippen molar-refractivity contribution in [3.8, 4) is 0 Å². The maximum absolute atomic E-state index is 12.6. The molecule has 0 fully saturated rings. The van der Waals surface area contributed by atoms with Gasteiger partial charge in [0.25, 0.3) is 0 Å². The smallest absolute Gasteiger partial charge is 0.419 e. The van der Waals surface area contributed by atoms with E-state index in [-0.39, 0.29) is 6.09 Å². The van der Waals surface area contributed by atoms with Crippen LogP contribution in [0.4, 0.5) is 16.2 Å². The molecule has 0 aliphatic heterocycles. The lowest BCUT2D eigenvalue weighted by Gasteiger charge is -2.27. The Morgan fingerprint density at radius 2 is 1.18 bits per heavy atom. The Balaban J connectivity index is 2.42. The minimum absolute atomic E-state index is 0.375. The van der Waals surface area contributed by atoms with Crippen molar-refractivity contribution in [1.82, 2.24) is 0 Å². The molecule has 2 rings (SSSR count). The number of hydrogen-bond donors (Lipinski definition) is 0. The van der Waals surface area contributed by atoms with Gasteiger partial charge in [0.15, 0.2) is 0 Å². The summed E-state index contributed by atoms with van der Waals surface area (Å²) in [6, 6.07) is 15.7. The number of ether oxygens (including phenoxy) is 1. The molecule has 0 aliphatic carbocycles. The highest BCUT2D eigenvalue weighted by molar-refractivity contribution is 5.96. The van der Waals surface area contributed by atoms with Crippen molar-refractivity contribution in [3.63, 3.8) is 0 Å². The van der Waals surface area contributed by atoms with Gasteiger partial charge in [-0.25, -0.2) is 9.69 Å². The van der Waals surface area contributed by atoms with Crippen molar-refractivity contribution < 1.29 is 9.53 Å². The predicted molar refractivity (Wildman–Crippen MR) is 90.7 cm³/mol. The molecule has 0 spiro atoms. The second-order valence-electron chi connectivity index (χ2n) is 6.49. The minimum atomic E-state index is -0.537. The topological polar surface area (TPSA) is 29.5 Å². The van der Waals surface area contributed by atoms with Crippen LogP contribution in [-0.2, 0) is 4.74 Å². The third kappa shape index (κ3) is 4.10. The molecule has 0 saturated carbocycles. The zero-order valence-corrected chi connectivity index (χ0v) is 13.9. The van der Waals surface area contributed by atoms with E-state index in [0.29, 0.717) is 0 Å². The van der Waals surface area contributed by atoms with Gasteiger partial charge in [0.2, 0.25) is 0 Å². The molecule has 0 bridgehead atoms. The van der Waals surface area contributed by atoms with Crippen LogP contribution in [0.2, 0.25) is 0 Å². The molecule has 0 aromatic heterocycles. The zero-order chi connectivity index (χ0) is 16.3. The fourth-order valence-electron chi connectivity index (χ4n) is 2.06. The summed E-state index contributed by atoms with van der Waals surface area (Å²) in [6.45, 7) is 9.65. The number of benzene rings is 2. The van der Waals surface area contributed by atoms with Crippen LogP contribution >= 0.6 is 0 Å². The van der Waals surface area contributed by atoms with Crippen molar-refractivity contribution in [2.24, 2.45) is 0 Å². The molecule has 0 atom stereocenters. The van der Waals surface area contributed by atoms with Crippen LogP contribution < -0.4 is 4.90 Å². The second kappa shape index (κ2) is 6.22. The third-order valence-electron chi connectivity index (χ3n) is 3.16. The van der Waals surface area contributed by atoms with Gasteiger partial charge in [-0.15, -0.1) is 0 Å². The molecule has 3 heteroatoms. The molecule has 22 heavy (non-hydrogen) atoms. The van der Waals surface area contributed by atoms with Crippen molar-refractivity contribution >= 4 is 17.5 Å². The highest BCUT2D eigenvalue weighted by Gasteiger charge is 2.24. The minimum Gasteiger partial charge on any atom is -0.443 e. The lowest BCUT2D eigenvalue weighted by molar-refractivity contribution is 0.0599. The standard InChI is InChI=1S/C19H23NO2/c1-14-6-10-16(11-7-14)20(18(21)22-19(3,4)5)17-12-8-15(2)9-13-17/h6-13H,1-5H3. The van der Waals surface area contributed by atoms with E-state index in [1.54, 1.807) is 4.90 Å². The monoisotopic (exact) mass is 297 g/mol. The van der Waals surface area contributed by atoms with E-state index >= 15 is 0 Å². The predicted octanol–water partition coefficient (Wildman–Crippen LogP) is 5.38. The van der Waals surface area contributed by atoms with Crippen LogP contribution in [0.5, 0.6) is 0 Å². The Kier molecular flexibility index (Phi) is 4.55. The highest BCUT2D eigenvalue weighted by Crippen LogP contribution is 2.28. The van der Waals surface area contributed by atoms with Gasteiger partial charge in [-0.2, -0.15) is 0 Å². The third-order valence-corrected chi connectivity index (χ3v) is 3.16. The Hall–Kier alpha value is -2.29. The average molecular weight is 297 g/mol. The fourth-order valence-corrected chi connectivity index (χ4v) is 2.06. The van der Waals surface area contributed by atoms with Gasteiger partial charge in [0.1, 0.15) is 5.60 Å². The molecule has 0 radical (unpaired) electrons. The van der Waals surface area contributed by atoms with Crippen LogP contribution in [0, 0.1) is 13.8 Å². The van der Waals surface area contributed by atoms with E-state index in [1.807, 2.05) is 83.1 Å². The first-order valence-corrected chi connectivity index (χ1v) is 7.43. The molecule has 1 amide bonds. The fraction of sp³-hybridized carbons (Fsp3) is 0.316. The molecular weight excluding hydrogens is 274 g/mol. The molecule has 2 aromatic rings. The molecule has 0 saturated heterocycles. The van der Waals surface area contributed by atoms with E-state index in [0.717, 1.165) is 22.5 Å². The molecular formula is C19H23NO2. The van der Waals surface area contributed by atoms with E-state index in [1.165, 1.54) is 0 Å². The van der Waals surface area contributed by atoms with Crippen molar-refractivity contribution in [3.05, 3.63) is 59.7 Å². The van der Waals surface area contributed by atoms with Crippen molar-refractivity contribution in [2.75, 3.05) is 4.90 Å². The first-order valence-electron chi connectivity index (χ1n) is 7.43. The van der Waals surface area contributed by atoms with E-state index < -0.39 is 5.60 Å². The van der Waals surface area contributed by atoms with Gasteiger partial charge in [-0.1, -0.05) is 35.4 Å². The van der Waals surface area contributed by atoms with Crippen LogP contribution in [0.1, 0.15) is 31.9 Å². The number of amides is 1. The summed E-state index contributed by atoms with van der Waals surface area (Å²) in [5.74, 6) is 0. The molecule has 3 nitrogen and oxygen atoms in total. The molecule has 116 valence electrons. The summed E-state index contributed by atoms with van der Waals surface area (Å²) in [5, 5.41) is 0. The number of carbonyl (C=O) groups is 1. The number of nitrogens with zero attached hydrogens (tertiary/aromatic N) is 1. The summed E-state index contributed by atoms with van der Waals surface area (Å²) >= 11 is 0.